The second kappa shape index (κ2) is 7.95. The highest BCUT2D eigenvalue weighted by Gasteiger charge is 2.42. The van der Waals surface area contributed by atoms with E-state index >= 15 is 0 Å². The summed E-state index contributed by atoms with van der Waals surface area (Å²) < 4.78 is 11.5. The van der Waals surface area contributed by atoms with Crippen molar-refractivity contribution in [3.05, 3.63) is 107 Å². The maximum absolute atomic E-state index is 13.0. The van der Waals surface area contributed by atoms with Crippen LogP contribution in [0.25, 0.3) is 11.1 Å². The van der Waals surface area contributed by atoms with E-state index in [0.717, 1.165) is 12.0 Å². The van der Waals surface area contributed by atoms with Crippen LogP contribution in [-0.4, -0.2) is 36.3 Å². The first-order chi connectivity index (χ1) is 15.8. The molecule has 1 fully saturated rings. The molecule has 1 aliphatic carbocycles. The second-order valence-electron chi connectivity index (χ2n) is 8.76. The van der Waals surface area contributed by atoms with E-state index in [-0.39, 0.29) is 30.7 Å². The second-order valence-corrected chi connectivity index (χ2v) is 8.76. The van der Waals surface area contributed by atoms with Gasteiger partial charge in [-0.25, -0.2) is 4.79 Å². The molecule has 3 aromatic rings. The first-order valence-electron chi connectivity index (χ1n) is 11.2. The van der Waals surface area contributed by atoms with Crippen molar-refractivity contribution < 1.29 is 14.3 Å². The van der Waals surface area contributed by atoms with Crippen LogP contribution in [-0.2, 0) is 16.1 Å². The van der Waals surface area contributed by atoms with Crippen LogP contribution < -0.4 is 0 Å². The molecule has 1 saturated heterocycles. The number of hydrogen-bond donors (Lipinski definition) is 0. The molecule has 6 rings (SSSR count). The van der Waals surface area contributed by atoms with Crippen LogP contribution in [0.15, 0.2) is 90.5 Å². The predicted molar refractivity (Wildman–Crippen MR) is 123 cm³/mol. The van der Waals surface area contributed by atoms with Gasteiger partial charge in [0.05, 0.1) is 25.3 Å². The Hall–Kier alpha value is -3.37. The lowest BCUT2D eigenvalue weighted by molar-refractivity contribution is -0.0376. The summed E-state index contributed by atoms with van der Waals surface area (Å²) in [4.78, 5) is 14.9. The molecule has 2 unspecified atom stereocenters. The van der Waals surface area contributed by atoms with Crippen LogP contribution in [0.5, 0.6) is 0 Å². The zero-order chi connectivity index (χ0) is 21.5. The molecule has 2 atom stereocenters. The van der Waals surface area contributed by atoms with E-state index in [1.54, 1.807) is 0 Å². The zero-order valence-electron chi connectivity index (χ0n) is 17.8. The highest BCUT2D eigenvalue weighted by molar-refractivity contribution is 5.80. The summed E-state index contributed by atoms with van der Waals surface area (Å²) in [6.07, 6.45) is 2.79. The van der Waals surface area contributed by atoms with Crippen molar-refractivity contribution in [3.8, 4) is 11.1 Å². The van der Waals surface area contributed by atoms with Crippen molar-refractivity contribution in [1.82, 2.24) is 4.90 Å². The van der Waals surface area contributed by atoms with Crippen LogP contribution in [0.4, 0.5) is 4.79 Å². The minimum atomic E-state index is -0.255. The van der Waals surface area contributed by atoms with Crippen molar-refractivity contribution in [3.63, 3.8) is 0 Å². The Bertz CT molecular complexity index is 1140. The van der Waals surface area contributed by atoms with Gasteiger partial charge in [0.25, 0.3) is 0 Å². The number of rotatable bonds is 3. The van der Waals surface area contributed by atoms with E-state index in [2.05, 4.69) is 54.6 Å². The summed E-state index contributed by atoms with van der Waals surface area (Å²) >= 11 is 0. The Balaban J connectivity index is 1.29. The molecule has 160 valence electrons. The third kappa shape index (κ3) is 3.23. The number of morpholine rings is 1. The Morgan fingerprint density at radius 1 is 0.875 bits per heavy atom. The summed E-state index contributed by atoms with van der Waals surface area (Å²) in [7, 11) is 0. The summed E-state index contributed by atoms with van der Waals surface area (Å²) in [5.74, 6) is 0.244. The van der Waals surface area contributed by atoms with Crippen LogP contribution in [0.1, 0.15) is 29.0 Å². The minimum Gasteiger partial charge on any atom is -0.445 e. The van der Waals surface area contributed by atoms with E-state index in [1.807, 2.05) is 35.2 Å². The molecule has 0 radical (unpaired) electrons. The Kier molecular flexibility index (Phi) is 4.80. The minimum absolute atomic E-state index is 0.00283. The van der Waals surface area contributed by atoms with Crippen molar-refractivity contribution >= 4 is 6.09 Å². The number of carbonyl (C=O) groups is 1. The van der Waals surface area contributed by atoms with Gasteiger partial charge in [-0.3, -0.25) is 4.90 Å². The van der Waals surface area contributed by atoms with Crippen molar-refractivity contribution in [1.29, 1.82) is 0 Å². The molecule has 0 aromatic heterocycles. The van der Waals surface area contributed by atoms with E-state index in [4.69, 9.17) is 9.47 Å². The zero-order valence-corrected chi connectivity index (χ0v) is 17.8. The average Bonchev–Trinajstić information content (AvgIpc) is 3.17. The molecule has 0 N–H and O–H groups in total. The van der Waals surface area contributed by atoms with Crippen LogP contribution in [0.2, 0.25) is 0 Å². The maximum Gasteiger partial charge on any atom is 0.411 e. The largest absolute Gasteiger partial charge is 0.445 e. The van der Waals surface area contributed by atoms with Gasteiger partial charge in [0.2, 0.25) is 0 Å². The molecule has 3 aromatic carbocycles. The normalized spacial score (nSPS) is 21.5. The number of carbonyl (C=O) groups excluding carboxylic acids is 1. The predicted octanol–water partition coefficient (Wildman–Crippen LogP) is 5.54. The average molecular weight is 424 g/mol. The van der Waals surface area contributed by atoms with Gasteiger partial charge < -0.3 is 9.47 Å². The Morgan fingerprint density at radius 2 is 1.53 bits per heavy atom. The number of hydrogen-bond acceptors (Lipinski definition) is 3. The molecular weight excluding hydrogens is 398 g/mol. The number of amides is 1. The lowest BCUT2D eigenvalue weighted by Crippen LogP contribution is -2.56. The molecule has 2 aliphatic heterocycles. The third-order valence-corrected chi connectivity index (χ3v) is 6.85. The van der Waals surface area contributed by atoms with Crippen LogP contribution in [0.3, 0.4) is 0 Å². The number of ether oxygens (including phenoxy) is 2. The molecule has 4 nitrogen and oxygen atoms in total. The van der Waals surface area contributed by atoms with Crippen molar-refractivity contribution in [2.24, 2.45) is 0 Å². The standard InChI is InChI=1S/C28H25NO3/c30-28(32-16-19-8-2-1-3-9-19)29-21-14-20(15-22(29)18-31-17-21)27-25-12-6-4-10-23(25)24-11-5-7-13-26(24)27/h1-14,21-22,27H,15-18H2. The van der Waals surface area contributed by atoms with Gasteiger partial charge in [-0.2, -0.15) is 0 Å². The highest BCUT2D eigenvalue weighted by Crippen LogP contribution is 2.50. The number of fused-ring (bicyclic) bond motifs is 5. The molecular formula is C28H25NO3. The van der Waals surface area contributed by atoms with E-state index in [0.29, 0.717) is 13.2 Å². The van der Waals surface area contributed by atoms with Gasteiger partial charge in [0.1, 0.15) is 6.61 Å². The molecule has 4 heteroatoms. The van der Waals surface area contributed by atoms with Crippen molar-refractivity contribution in [2.45, 2.75) is 31.0 Å². The fraction of sp³-hybridized carbons (Fsp3) is 0.250. The molecule has 0 saturated carbocycles. The summed E-state index contributed by atoms with van der Waals surface area (Å²) in [5, 5.41) is 0. The molecule has 3 aliphatic rings. The van der Waals surface area contributed by atoms with Gasteiger partial charge in [-0.05, 0) is 34.2 Å². The fourth-order valence-electron chi connectivity index (χ4n) is 5.48. The topological polar surface area (TPSA) is 38.8 Å². The Labute approximate surface area is 188 Å². The number of benzene rings is 3. The van der Waals surface area contributed by atoms with E-state index < -0.39 is 0 Å². The van der Waals surface area contributed by atoms with Crippen LogP contribution in [0, 0.1) is 0 Å². The summed E-state index contributed by atoms with van der Waals surface area (Å²) in [6, 6.07) is 27.1. The first-order valence-corrected chi connectivity index (χ1v) is 11.2. The molecule has 2 heterocycles. The molecule has 2 bridgehead atoms. The van der Waals surface area contributed by atoms with Gasteiger partial charge in [-0.15, -0.1) is 0 Å². The molecule has 0 spiro atoms. The fourth-order valence-corrected chi connectivity index (χ4v) is 5.48. The first kappa shape index (κ1) is 19.3. The van der Waals surface area contributed by atoms with Crippen LogP contribution >= 0.6 is 0 Å². The van der Waals surface area contributed by atoms with E-state index in [1.165, 1.54) is 27.8 Å². The number of nitrogens with zero attached hydrogens (tertiary/aromatic N) is 1. The van der Waals surface area contributed by atoms with Gasteiger partial charge in [0.15, 0.2) is 0 Å². The quantitative estimate of drug-likeness (QED) is 0.520. The van der Waals surface area contributed by atoms with E-state index in [9.17, 15) is 4.79 Å². The van der Waals surface area contributed by atoms with Gasteiger partial charge >= 0.3 is 6.09 Å². The lowest BCUT2D eigenvalue weighted by Gasteiger charge is -2.44. The van der Waals surface area contributed by atoms with Gasteiger partial charge in [0, 0.05) is 5.92 Å². The van der Waals surface area contributed by atoms with Crippen molar-refractivity contribution in [2.75, 3.05) is 13.2 Å². The third-order valence-electron chi connectivity index (χ3n) is 6.85. The maximum atomic E-state index is 13.0. The smallest absolute Gasteiger partial charge is 0.411 e. The Morgan fingerprint density at radius 3 is 2.22 bits per heavy atom. The molecule has 32 heavy (non-hydrogen) atoms. The van der Waals surface area contributed by atoms with Gasteiger partial charge in [-0.1, -0.05) is 90.5 Å². The lowest BCUT2D eigenvalue weighted by atomic mass is 9.81. The highest BCUT2D eigenvalue weighted by atomic mass is 16.6. The summed E-state index contributed by atoms with van der Waals surface area (Å²) in [5.41, 5.74) is 7.74. The SMILES string of the molecule is O=C(OCc1ccccc1)N1C2C=C(C3c4ccccc4-c4ccccc43)CC1COC2. The molecule has 1 amide bonds. The monoisotopic (exact) mass is 423 g/mol. The summed E-state index contributed by atoms with van der Waals surface area (Å²) in [6.45, 7) is 1.34.